The fourth-order valence-electron chi connectivity index (χ4n) is 6.31. The first-order valence-corrected chi connectivity index (χ1v) is 13.2. The van der Waals surface area contributed by atoms with Crippen molar-refractivity contribution in [3.05, 3.63) is 29.6 Å². The molecule has 192 valence electrons. The third kappa shape index (κ3) is 4.74. The van der Waals surface area contributed by atoms with Crippen molar-refractivity contribution in [2.24, 2.45) is 0 Å². The van der Waals surface area contributed by atoms with Crippen LogP contribution in [0.1, 0.15) is 57.1 Å². The minimum Gasteiger partial charge on any atom is -0.488 e. The summed E-state index contributed by atoms with van der Waals surface area (Å²) in [5, 5.41) is 9.26. The second kappa shape index (κ2) is 10.2. The van der Waals surface area contributed by atoms with Crippen molar-refractivity contribution in [1.29, 1.82) is 5.26 Å². The minimum atomic E-state index is -0.215. The van der Waals surface area contributed by atoms with Crippen LogP contribution in [-0.2, 0) is 16.6 Å². The zero-order valence-corrected chi connectivity index (χ0v) is 21.8. The Bertz CT molecular complexity index is 1130. The Morgan fingerprint density at radius 2 is 1.94 bits per heavy atom. The number of nitrogen functional groups attached to an aromatic ring is 1. The second-order valence-corrected chi connectivity index (χ2v) is 11.0. The van der Waals surface area contributed by atoms with E-state index in [9.17, 15) is 5.26 Å². The lowest BCUT2D eigenvalue weighted by molar-refractivity contribution is -0.000997. The van der Waals surface area contributed by atoms with Gasteiger partial charge in [-0.1, -0.05) is 13.8 Å². The minimum absolute atomic E-state index is 0.199. The zero-order chi connectivity index (χ0) is 25.3. The predicted octanol–water partition coefficient (Wildman–Crippen LogP) is 3.93. The molecule has 0 unspecified atom stereocenters. The summed E-state index contributed by atoms with van der Waals surface area (Å²) in [6, 6.07) is 7.15. The van der Waals surface area contributed by atoms with Crippen LogP contribution in [0, 0.1) is 11.3 Å². The van der Waals surface area contributed by atoms with E-state index < -0.39 is 0 Å². The highest BCUT2D eigenvalue weighted by atomic mass is 16.5. The Balaban J connectivity index is 1.44. The second-order valence-electron chi connectivity index (χ2n) is 11.0. The molecule has 2 N–H and O–H groups in total. The van der Waals surface area contributed by atoms with Gasteiger partial charge in [-0.25, -0.2) is 9.97 Å². The SMILES string of the molecule is CN(CCC#N)c1c(OC2CCC(N3CCOCC3)CC2)ccc2c1CC(C)(C)c1c(N)ncnc1-2. The number of fused-ring (bicyclic) bond motifs is 3. The first-order chi connectivity index (χ1) is 17.4. The van der Waals surface area contributed by atoms with Crippen molar-refractivity contribution in [2.45, 2.75) is 69.9 Å². The number of nitriles is 1. The Hall–Kier alpha value is -2.89. The van der Waals surface area contributed by atoms with Gasteiger partial charge in [-0.05, 0) is 55.2 Å². The van der Waals surface area contributed by atoms with E-state index in [-0.39, 0.29) is 11.5 Å². The maximum Gasteiger partial charge on any atom is 0.143 e. The standard InChI is InChI=1S/C28H38N6O2/c1-28(2)17-22-21(25-24(28)27(30)32-18-31-25)9-10-23(26(22)33(3)12-4-11-29)36-20-7-5-19(6-8-20)34-13-15-35-16-14-34/h9-10,18-20H,4-8,12-17H2,1-3H3,(H2,30,31,32). The average molecular weight is 491 g/mol. The molecule has 36 heavy (non-hydrogen) atoms. The van der Waals surface area contributed by atoms with E-state index in [0.29, 0.717) is 24.8 Å². The van der Waals surface area contributed by atoms with Gasteiger partial charge in [-0.3, -0.25) is 4.90 Å². The molecule has 0 bridgehead atoms. The van der Waals surface area contributed by atoms with Crippen LogP contribution in [0.5, 0.6) is 5.75 Å². The fraction of sp³-hybridized carbons (Fsp3) is 0.607. The van der Waals surface area contributed by atoms with Gasteiger partial charge < -0.3 is 20.1 Å². The van der Waals surface area contributed by atoms with E-state index in [1.807, 2.05) is 0 Å². The molecule has 1 aromatic heterocycles. The molecule has 2 aliphatic carbocycles. The Labute approximate surface area is 214 Å². The van der Waals surface area contributed by atoms with Crippen LogP contribution in [0.25, 0.3) is 11.3 Å². The molecule has 0 atom stereocenters. The summed E-state index contributed by atoms with van der Waals surface area (Å²) < 4.78 is 12.3. The highest BCUT2D eigenvalue weighted by molar-refractivity contribution is 5.83. The van der Waals surface area contributed by atoms with Crippen LogP contribution in [-0.4, -0.2) is 66.9 Å². The maximum atomic E-state index is 9.26. The largest absolute Gasteiger partial charge is 0.488 e. The van der Waals surface area contributed by atoms with E-state index in [0.717, 1.165) is 86.7 Å². The highest BCUT2D eigenvalue weighted by Crippen LogP contribution is 2.49. The summed E-state index contributed by atoms with van der Waals surface area (Å²) in [7, 11) is 2.06. The summed E-state index contributed by atoms with van der Waals surface area (Å²) in [5.74, 6) is 1.46. The third-order valence-electron chi connectivity index (χ3n) is 8.11. The van der Waals surface area contributed by atoms with Crippen molar-refractivity contribution < 1.29 is 9.47 Å². The Kier molecular flexibility index (Phi) is 7.05. The molecular weight excluding hydrogens is 452 g/mol. The molecule has 0 radical (unpaired) electrons. The van der Waals surface area contributed by atoms with E-state index in [4.69, 9.17) is 15.2 Å². The first-order valence-electron chi connectivity index (χ1n) is 13.2. The third-order valence-corrected chi connectivity index (χ3v) is 8.11. The van der Waals surface area contributed by atoms with Gasteiger partial charge in [0.1, 0.15) is 17.9 Å². The molecule has 2 heterocycles. The number of hydrogen-bond acceptors (Lipinski definition) is 8. The Morgan fingerprint density at radius 3 is 2.67 bits per heavy atom. The lowest BCUT2D eigenvalue weighted by atomic mass is 9.71. The molecule has 2 fully saturated rings. The van der Waals surface area contributed by atoms with Gasteiger partial charge in [0, 0.05) is 43.9 Å². The van der Waals surface area contributed by atoms with Crippen molar-refractivity contribution in [1.82, 2.24) is 14.9 Å². The van der Waals surface area contributed by atoms with Crippen LogP contribution in [0.3, 0.4) is 0 Å². The van der Waals surface area contributed by atoms with Crippen molar-refractivity contribution in [2.75, 3.05) is 50.5 Å². The molecular formula is C28H38N6O2. The molecule has 3 aliphatic rings. The molecule has 1 saturated heterocycles. The van der Waals surface area contributed by atoms with Crippen molar-refractivity contribution in [3.8, 4) is 23.1 Å². The van der Waals surface area contributed by atoms with Gasteiger partial charge in [0.05, 0.1) is 43.2 Å². The number of nitrogens with zero attached hydrogens (tertiary/aromatic N) is 5. The summed E-state index contributed by atoms with van der Waals surface area (Å²) in [6.07, 6.45) is 7.44. The number of hydrogen-bond donors (Lipinski definition) is 1. The highest BCUT2D eigenvalue weighted by Gasteiger charge is 2.37. The summed E-state index contributed by atoms with van der Waals surface area (Å²) >= 11 is 0. The van der Waals surface area contributed by atoms with Crippen molar-refractivity contribution >= 4 is 11.5 Å². The molecule has 8 heteroatoms. The van der Waals surface area contributed by atoms with Gasteiger partial charge in [0.2, 0.25) is 0 Å². The van der Waals surface area contributed by atoms with Crippen LogP contribution >= 0.6 is 0 Å². The van der Waals surface area contributed by atoms with E-state index in [1.165, 1.54) is 5.56 Å². The first kappa shape index (κ1) is 24.8. The van der Waals surface area contributed by atoms with Crippen LogP contribution in [0.15, 0.2) is 18.5 Å². The van der Waals surface area contributed by atoms with E-state index >= 15 is 0 Å². The zero-order valence-electron chi connectivity index (χ0n) is 21.8. The molecule has 1 aromatic carbocycles. The van der Waals surface area contributed by atoms with Gasteiger partial charge in [0.15, 0.2) is 0 Å². The number of benzene rings is 1. The quantitative estimate of drug-likeness (QED) is 0.650. The number of ether oxygens (including phenoxy) is 2. The van der Waals surface area contributed by atoms with E-state index in [1.54, 1.807) is 6.33 Å². The summed E-state index contributed by atoms with van der Waals surface area (Å²) in [6.45, 7) is 8.83. The molecule has 0 amide bonds. The number of anilines is 2. The van der Waals surface area contributed by atoms with E-state index in [2.05, 4.69) is 58.9 Å². The van der Waals surface area contributed by atoms with Crippen LogP contribution < -0.4 is 15.4 Å². The van der Waals surface area contributed by atoms with Gasteiger partial charge in [0.25, 0.3) is 0 Å². The number of nitrogens with two attached hydrogens (primary N) is 1. The molecule has 1 saturated carbocycles. The van der Waals surface area contributed by atoms with Crippen LogP contribution in [0.2, 0.25) is 0 Å². The Morgan fingerprint density at radius 1 is 1.19 bits per heavy atom. The fourth-order valence-corrected chi connectivity index (χ4v) is 6.31. The van der Waals surface area contributed by atoms with Crippen LogP contribution in [0.4, 0.5) is 11.5 Å². The smallest absolute Gasteiger partial charge is 0.143 e. The van der Waals surface area contributed by atoms with Crippen molar-refractivity contribution in [3.63, 3.8) is 0 Å². The molecule has 5 rings (SSSR count). The molecule has 8 nitrogen and oxygen atoms in total. The molecule has 1 aliphatic heterocycles. The normalized spacial score (nSPS) is 23.3. The molecule has 0 spiro atoms. The maximum absolute atomic E-state index is 9.26. The molecule has 2 aromatic rings. The van der Waals surface area contributed by atoms with Gasteiger partial charge >= 0.3 is 0 Å². The summed E-state index contributed by atoms with van der Waals surface area (Å²) in [5.41, 5.74) is 11.4. The van der Waals surface area contributed by atoms with Gasteiger partial charge in [-0.2, -0.15) is 5.26 Å². The average Bonchev–Trinajstić information content (AvgIpc) is 2.87. The number of aromatic nitrogens is 2. The monoisotopic (exact) mass is 490 g/mol. The summed E-state index contributed by atoms with van der Waals surface area (Å²) in [4.78, 5) is 13.7. The number of morpholine rings is 1. The van der Waals surface area contributed by atoms with Gasteiger partial charge in [-0.15, -0.1) is 0 Å². The predicted molar refractivity (Wildman–Crippen MR) is 141 cm³/mol. The number of rotatable bonds is 6. The topological polar surface area (TPSA) is 101 Å². The lowest BCUT2D eigenvalue weighted by Crippen LogP contribution is -2.46. The lowest BCUT2D eigenvalue weighted by Gasteiger charge is -2.39.